The molecule has 1 N–H and O–H groups in total. The van der Waals surface area contributed by atoms with Crippen molar-refractivity contribution in [3.05, 3.63) is 35.2 Å². The summed E-state index contributed by atoms with van der Waals surface area (Å²) >= 11 is 1.72. The Hall–Kier alpha value is -2.00. The van der Waals surface area contributed by atoms with Crippen LogP contribution in [0.1, 0.15) is 12.0 Å². The monoisotopic (exact) mass is 377 g/mol. The molecule has 2 saturated heterocycles. The number of hydrogen-bond donors (Lipinski definition) is 1. The van der Waals surface area contributed by atoms with Crippen molar-refractivity contribution in [3.63, 3.8) is 0 Å². The van der Waals surface area contributed by atoms with Crippen LogP contribution >= 0.6 is 11.3 Å². The normalized spacial score (nSPS) is 22.3. The Morgan fingerprint density at radius 3 is 2.85 bits per heavy atom. The third-order valence-electron chi connectivity index (χ3n) is 4.74. The van der Waals surface area contributed by atoms with E-state index in [1.807, 2.05) is 0 Å². The molecule has 4 rings (SSSR count). The predicted octanol–water partition coefficient (Wildman–Crippen LogP) is 1.28. The number of carbonyl (C=O) groups is 2. The minimum atomic E-state index is -1.68. The molecule has 8 heteroatoms. The third-order valence-corrected chi connectivity index (χ3v) is 5.63. The predicted molar refractivity (Wildman–Crippen MR) is 93.5 cm³/mol. The van der Waals surface area contributed by atoms with Gasteiger partial charge in [0.05, 0.1) is 13.2 Å². The molecular formula is C18H19NO6S. The highest BCUT2D eigenvalue weighted by atomic mass is 32.1. The van der Waals surface area contributed by atoms with Crippen LogP contribution in [0.5, 0.6) is 0 Å². The van der Waals surface area contributed by atoms with E-state index in [0.717, 1.165) is 6.42 Å². The molecule has 1 unspecified atom stereocenters. The second kappa shape index (κ2) is 6.96. The SMILES string of the molecule is O=C1OC2(OC1=O)C(O)CCN2CCOCCc1ccc2sccc2c1. The van der Waals surface area contributed by atoms with E-state index in [9.17, 15) is 14.7 Å². The van der Waals surface area contributed by atoms with Gasteiger partial charge in [0.15, 0.2) is 0 Å². The maximum Gasteiger partial charge on any atom is 0.422 e. The van der Waals surface area contributed by atoms with E-state index < -0.39 is 24.0 Å². The molecule has 1 atom stereocenters. The quantitative estimate of drug-likeness (QED) is 0.461. The van der Waals surface area contributed by atoms with Crippen LogP contribution in [-0.2, 0) is 30.2 Å². The van der Waals surface area contributed by atoms with Gasteiger partial charge in [0.25, 0.3) is 0 Å². The lowest BCUT2D eigenvalue weighted by molar-refractivity contribution is -0.269. The summed E-state index contributed by atoms with van der Waals surface area (Å²) in [4.78, 5) is 24.4. The van der Waals surface area contributed by atoms with Crippen LogP contribution in [0.2, 0.25) is 0 Å². The number of aliphatic hydroxyl groups excluding tert-OH is 1. The van der Waals surface area contributed by atoms with E-state index in [-0.39, 0.29) is 0 Å². The Bertz CT molecular complexity index is 818. The minimum Gasteiger partial charge on any atom is -0.397 e. The van der Waals surface area contributed by atoms with Crippen LogP contribution in [0.25, 0.3) is 10.1 Å². The van der Waals surface area contributed by atoms with Crippen LogP contribution < -0.4 is 0 Å². The number of likely N-dealkylation sites (tertiary alicyclic amines) is 1. The Balaban J connectivity index is 1.26. The molecule has 3 heterocycles. The second-order valence-electron chi connectivity index (χ2n) is 6.36. The standard InChI is InChI=1S/C18H19NO6S/c20-15-3-6-19(18(15)24-16(21)17(22)25-18)7-9-23-8-4-12-1-2-14-13(11-12)5-10-26-14/h1-2,5,10-11,15,20H,3-4,6-9H2. The maximum absolute atomic E-state index is 11.4. The molecule has 0 saturated carbocycles. The summed E-state index contributed by atoms with van der Waals surface area (Å²) < 4.78 is 17.0. The third kappa shape index (κ3) is 3.09. The number of nitrogens with zero attached hydrogens (tertiary/aromatic N) is 1. The van der Waals surface area contributed by atoms with E-state index in [1.165, 1.54) is 15.6 Å². The summed E-state index contributed by atoms with van der Waals surface area (Å²) in [7, 11) is 0. The summed E-state index contributed by atoms with van der Waals surface area (Å²) in [6, 6.07) is 8.49. The van der Waals surface area contributed by atoms with Crippen LogP contribution in [0, 0.1) is 0 Å². The molecule has 0 bridgehead atoms. The number of thiophene rings is 1. The zero-order valence-corrected chi connectivity index (χ0v) is 14.9. The molecule has 0 amide bonds. The zero-order chi connectivity index (χ0) is 18.1. The number of carbonyl (C=O) groups excluding carboxylic acids is 2. The van der Waals surface area contributed by atoms with Gasteiger partial charge in [-0.25, -0.2) is 14.5 Å². The summed E-state index contributed by atoms with van der Waals surface area (Å²) in [5, 5.41) is 13.4. The first-order valence-electron chi connectivity index (χ1n) is 8.52. The van der Waals surface area contributed by atoms with Crippen molar-refractivity contribution in [1.82, 2.24) is 4.90 Å². The van der Waals surface area contributed by atoms with Crippen molar-refractivity contribution >= 4 is 33.4 Å². The van der Waals surface area contributed by atoms with Crippen LogP contribution in [0.4, 0.5) is 0 Å². The van der Waals surface area contributed by atoms with Crippen LogP contribution in [-0.4, -0.2) is 60.3 Å². The number of ether oxygens (including phenoxy) is 3. The van der Waals surface area contributed by atoms with Crippen molar-refractivity contribution in [2.24, 2.45) is 0 Å². The fourth-order valence-electron chi connectivity index (χ4n) is 3.37. The van der Waals surface area contributed by atoms with Gasteiger partial charge in [0.2, 0.25) is 0 Å². The largest absolute Gasteiger partial charge is 0.422 e. The fourth-order valence-corrected chi connectivity index (χ4v) is 4.14. The van der Waals surface area contributed by atoms with Gasteiger partial charge < -0.3 is 19.3 Å². The minimum absolute atomic E-state index is 0.362. The Labute approximate surface area is 154 Å². The van der Waals surface area contributed by atoms with Gasteiger partial charge in [-0.05, 0) is 41.3 Å². The lowest BCUT2D eigenvalue weighted by atomic mass is 10.1. The molecule has 7 nitrogen and oxygen atoms in total. The molecule has 1 aromatic carbocycles. The molecule has 1 spiro atoms. The molecule has 2 fully saturated rings. The number of aliphatic hydroxyl groups is 1. The van der Waals surface area contributed by atoms with Crippen molar-refractivity contribution in [2.75, 3.05) is 26.3 Å². The molecular weight excluding hydrogens is 358 g/mol. The van der Waals surface area contributed by atoms with Gasteiger partial charge in [-0.15, -0.1) is 11.3 Å². The van der Waals surface area contributed by atoms with Gasteiger partial charge >= 0.3 is 17.8 Å². The van der Waals surface area contributed by atoms with Crippen molar-refractivity contribution in [3.8, 4) is 0 Å². The Morgan fingerprint density at radius 2 is 2.04 bits per heavy atom. The van der Waals surface area contributed by atoms with Crippen LogP contribution in [0.15, 0.2) is 29.6 Å². The number of hydrogen-bond acceptors (Lipinski definition) is 8. The molecule has 1 aromatic heterocycles. The number of rotatable bonds is 6. The highest BCUT2D eigenvalue weighted by Gasteiger charge is 2.61. The molecule has 0 aliphatic carbocycles. The molecule has 0 radical (unpaired) electrons. The molecule has 2 aliphatic rings. The highest BCUT2D eigenvalue weighted by molar-refractivity contribution is 7.17. The second-order valence-corrected chi connectivity index (χ2v) is 7.30. The number of fused-ring (bicyclic) bond motifs is 1. The maximum atomic E-state index is 11.4. The summed E-state index contributed by atoms with van der Waals surface area (Å²) in [6.07, 6.45) is 0.111. The van der Waals surface area contributed by atoms with Gasteiger partial charge in [-0.2, -0.15) is 0 Å². The lowest BCUT2D eigenvalue weighted by Gasteiger charge is -2.32. The van der Waals surface area contributed by atoms with Gasteiger partial charge in [-0.1, -0.05) is 12.1 Å². The molecule has 2 aromatic rings. The molecule has 2 aliphatic heterocycles. The van der Waals surface area contributed by atoms with Crippen molar-refractivity contribution in [1.29, 1.82) is 0 Å². The molecule has 138 valence electrons. The van der Waals surface area contributed by atoms with E-state index in [1.54, 1.807) is 16.2 Å². The van der Waals surface area contributed by atoms with E-state index in [4.69, 9.17) is 14.2 Å². The first kappa shape index (κ1) is 17.4. The topological polar surface area (TPSA) is 85.3 Å². The van der Waals surface area contributed by atoms with E-state index in [2.05, 4.69) is 29.6 Å². The Kier molecular flexibility index (Phi) is 4.66. The number of esters is 2. The first-order chi connectivity index (χ1) is 12.6. The summed E-state index contributed by atoms with van der Waals surface area (Å²) in [6.45, 7) is 1.78. The van der Waals surface area contributed by atoms with Crippen LogP contribution in [0.3, 0.4) is 0 Å². The van der Waals surface area contributed by atoms with Gasteiger partial charge in [0.1, 0.15) is 6.10 Å². The van der Waals surface area contributed by atoms with Gasteiger partial charge in [0, 0.05) is 17.8 Å². The van der Waals surface area contributed by atoms with E-state index >= 15 is 0 Å². The van der Waals surface area contributed by atoms with Crippen molar-refractivity contribution in [2.45, 2.75) is 24.9 Å². The fraction of sp³-hybridized carbons (Fsp3) is 0.444. The van der Waals surface area contributed by atoms with Gasteiger partial charge in [-0.3, -0.25) is 0 Å². The highest BCUT2D eigenvalue weighted by Crippen LogP contribution is 2.36. The summed E-state index contributed by atoms with van der Waals surface area (Å²) in [5.41, 5.74) is 1.21. The first-order valence-corrected chi connectivity index (χ1v) is 9.40. The van der Waals surface area contributed by atoms with Crippen molar-refractivity contribution < 1.29 is 28.9 Å². The smallest absolute Gasteiger partial charge is 0.397 e. The number of benzene rings is 1. The zero-order valence-electron chi connectivity index (χ0n) is 14.1. The average molecular weight is 377 g/mol. The molecule has 26 heavy (non-hydrogen) atoms. The summed E-state index contributed by atoms with van der Waals surface area (Å²) in [5.74, 6) is -3.82. The lowest BCUT2D eigenvalue weighted by Crippen LogP contribution is -2.52. The van der Waals surface area contributed by atoms with E-state index in [0.29, 0.717) is 32.7 Å². The average Bonchev–Trinajstić information content (AvgIpc) is 3.29. The Morgan fingerprint density at radius 1 is 1.23 bits per heavy atom.